The van der Waals surface area contributed by atoms with Gasteiger partial charge in [-0.3, -0.25) is 0 Å². The molecule has 0 aromatic heterocycles. The number of anilines is 6. The van der Waals surface area contributed by atoms with Crippen LogP contribution in [0.1, 0.15) is 47.2 Å². The monoisotopic (exact) mass is 658 g/mol. The van der Waals surface area contributed by atoms with Crippen molar-refractivity contribution in [2.45, 2.75) is 33.1 Å². The number of nitrogens with zero attached hydrogens (tertiary/aromatic N) is 2. The maximum atomic E-state index is 2.39. The van der Waals surface area contributed by atoms with Crippen LogP contribution in [0.2, 0.25) is 0 Å². The Kier molecular flexibility index (Phi) is 8.37. The summed E-state index contributed by atoms with van der Waals surface area (Å²) in [5.41, 5.74) is 17.0. The van der Waals surface area contributed by atoms with Gasteiger partial charge in [-0.25, -0.2) is 0 Å². The molecule has 0 saturated heterocycles. The zero-order valence-corrected chi connectivity index (χ0v) is 29.7. The molecular formula is C49H42N2. The number of benzene rings is 7. The van der Waals surface area contributed by atoms with Gasteiger partial charge >= 0.3 is 0 Å². The van der Waals surface area contributed by atoms with Crippen LogP contribution in [0.5, 0.6) is 0 Å². The molecule has 2 nitrogen and oxygen atoms in total. The molecule has 0 bridgehead atoms. The molecule has 0 saturated carbocycles. The zero-order chi connectivity index (χ0) is 35.0. The van der Waals surface area contributed by atoms with Gasteiger partial charge in [-0.15, -0.1) is 0 Å². The molecule has 0 fully saturated rings. The van der Waals surface area contributed by atoms with E-state index < -0.39 is 0 Å². The first kappa shape index (κ1) is 32.1. The molecule has 0 atom stereocenters. The lowest BCUT2D eigenvalue weighted by Crippen LogP contribution is -2.16. The fourth-order valence-electron chi connectivity index (χ4n) is 7.50. The second-order valence-corrected chi connectivity index (χ2v) is 14.1. The van der Waals surface area contributed by atoms with Crippen molar-refractivity contribution >= 4 is 46.3 Å². The third-order valence-electron chi connectivity index (χ3n) is 10.1. The zero-order valence-electron chi connectivity index (χ0n) is 29.7. The van der Waals surface area contributed by atoms with E-state index in [0.29, 0.717) is 0 Å². The summed E-state index contributed by atoms with van der Waals surface area (Å²) in [6, 6.07) is 61.5. The molecule has 8 rings (SSSR count). The van der Waals surface area contributed by atoms with E-state index in [-0.39, 0.29) is 5.41 Å². The summed E-state index contributed by atoms with van der Waals surface area (Å²) in [6.45, 7) is 8.97. The number of hydrogen-bond acceptors (Lipinski definition) is 2. The minimum absolute atomic E-state index is 0.0589. The van der Waals surface area contributed by atoms with Crippen LogP contribution in [0.15, 0.2) is 170 Å². The largest absolute Gasteiger partial charge is 0.310 e. The molecule has 0 N–H and O–H groups in total. The normalized spacial score (nSPS) is 12.8. The van der Waals surface area contributed by atoms with Gasteiger partial charge in [0, 0.05) is 39.5 Å². The van der Waals surface area contributed by atoms with E-state index in [1.54, 1.807) is 0 Å². The smallest absolute Gasteiger partial charge is 0.0465 e. The maximum absolute atomic E-state index is 2.39. The van der Waals surface area contributed by atoms with Crippen molar-refractivity contribution in [3.63, 3.8) is 0 Å². The van der Waals surface area contributed by atoms with Crippen LogP contribution in [0.4, 0.5) is 34.1 Å². The van der Waals surface area contributed by atoms with Crippen molar-refractivity contribution < 1.29 is 0 Å². The molecule has 0 radical (unpaired) electrons. The van der Waals surface area contributed by atoms with Crippen molar-refractivity contribution in [1.82, 2.24) is 0 Å². The van der Waals surface area contributed by atoms with E-state index in [1.807, 2.05) is 0 Å². The third kappa shape index (κ3) is 6.26. The molecule has 1 aliphatic rings. The Morgan fingerprint density at radius 1 is 0.373 bits per heavy atom. The Morgan fingerprint density at radius 2 is 0.804 bits per heavy atom. The minimum atomic E-state index is -0.0589. The molecule has 0 unspecified atom stereocenters. The SMILES string of the molecule is Cc1cccc(N(c2ccc(C=Cc3ccc(N(c4ccccc4)c4ccc5c(c4)C(C)(C)c4ccccc4-5)cc3)cc2)c2cccc(C)c2)c1. The number of rotatable bonds is 8. The van der Waals surface area contributed by atoms with Gasteiger partial charge in [-0.2, -0.15) is 0 Å². The number of aryl methyl sites for hydroxylation is 2. The van der Waals surface area contributed by atoms with E-state index in [9.17, 15) is 0 Å². The lowest BCUT2D eigenvalue weighted by atomic mass is 9.82. The summed E-state index contributed by atoms with van der Waals surface area (Å²) in [7, 11) is 0. The van der Waals surface area contributed by atoms with E-state index >= 15 is 0 Å². The summed E-state index contributed by atoms with van der Waals surface area (Å²) >= 11 is 0. The van der Waals surface area contributed by atoms with Gasteiger partial charge in [0.15, 0.2) is 0 Å². The van der Waals surface area contributed by atoms with Crippen LogP contribution in [0, 0.1) is 13.8 Å². The number of hydrogen-bond donors (Lipinski definition) is 0. The van der Waals surface area contributed by atoms with Crippen molar-refractivity contribution in [2.75, 3.05) is 9.80 Å². The third-order valence-corrected chi connectivity index (χ3v) is 10.1. The van der Waals surface area contributed by atoms with Crippen LogP contribution in [0.3, 0.4) is 0 Å². The Morgan fingerprint density at radius 3 is 1.37 bits per heavy atom. The Labute approximate surface area is 302 Å². The predicted octanol–water partition coefficient (Wildman–Crippen LogP) is 13.7. The van der Waals surface area contributed by atoms with Gasteiger partial charge in [0.2, 0.25) is 0 Å². The molecule has 0 spiro atoms. The second-order valence-electron chi connectivity index (χ2n) is 14.1. The minimum Gasteiger partial charge on any atom is -0.310 e. The summed E-state index contributed by atoms with van der Waals surface area (Å²) < 4.78 is 0. The summed E-state index contributed by atoms with van der Waals surface area (Å²) in [4.78, 5) is 4.69. The lowest BCUT2D eigenvalue weighted by Gasteiger charge is -2.28. The highest BCUT2D eigenvalue weighted by molar-refractivity contribution is 5.86. The first-order valence-electron chi connectivity index (χ1n) is 17.8. The molecule has 7 aromatic rings. The van der Waals surface area contributed by atoms with Crippen molar-refractivity contribution in [3.05, 3.63) is 203 Å². The summed E-state index contributed by atoms with van der Waals surface area (Å²) in [5, 5.41) is 0. The molecular weight excluding hydrogens is 617 g/mol. The van der Waals surface area contributed by atoms with Crippen molar-refractivity contribution in [2.24, 2.45) is 0 Å². The Bertz CT molecular complexity index is 2300. The van der Waals surface area contributed by atoms with E-state index in [1.165, 1.54) is 33.4 Å². The molecule has 0 aliphatic heterocycles. The van der Waals surface area contributed by atoms with Crippen LogP contribution in [-0.4, -0.2) is 0 Å². The van der Waals surface area contributed by atoms with Gasteiger partial charge in [0.25, 0.3) is 0 Å². The van der Waals surface area contributed by atoms with E-state index in [2.05, 4.69) is 220 Å². The standard InChI is InChI=1S/C49H42N2/c1-35-12-10-16-42(32-35)51(43-17-11-13-36(2)33-43)41-28-24-38(25-29-41)21-20-37-22-26-40(27-23-37)50(39-14-6-5-7-15-39)44-30-31-46-45-18-8-9-19-47(45)49(3,4)48(46)34-44/h5-34H,1-4H3. The number of para-hydroxylation sites is 1. The van der Waals surface area contributed by atoms with Gasteiger partial charge < -0.3 is 9.80 Å². The highest BCUT2D eigenvalue weighted by atomic mass is 15.1. The molecule has 248 valence electrons. The fourth-order valence-corrected chi connectivity index (χ4v) is 7.50. The van der Waals surface area contributed by atoms with Crippen LogP contribution in [-0.2, 0) is 5.41 Å². The molecule has 7 aromatic carbocycles. The average molecular weight is 659 g/mol. The van der Waals surface area contributed by atoms with Crippen LogP contribution >= 0.6 is 0 Å². The van der Waals surface area contributed by atoms with Crippen molar-refractivity contribution in [3.8, 4) is 11.1 Å². The molecule has 0 heterocycles. The van der Waals surface area contributed by atoms with Gasteiger partial charge in [-0.1, -0.05) is 123 Å². The summed E-state index contributed by atoms with van der Waals surface area (Å²) in [5.74, 6) is 0. The molecule has 51 heavy (non-hydrogen) atoms. The topological polar surface area (TPSA) is 6.48 Å². The van der Waals surface area contributed by atoms with Crippen molar-refractivity contribution in [1.29, 1.82) is 0 Å². The second kappa shape index (κ2) is 13.3. The fraction of sp³-hybridized carbons (Fsp3) is 0.102. The maximum Gasteiger partial charge on any atom is 0.0465 e. The van der Waals surface area contributed by atoms with E-state index in [4.69, 9.17) is 0 Å². The summed E-state index contributed by atoms with van der Waals surface area (Å²) in [6.07, 6.45) is 4.39. The van der Waals surface area contributed by atoms with Gasteiger partial charge in [0.1, 0.15) is 0 Å². The number of fused-ring (bicyclic) bond motifs is 3. The highest BCUT2D eigenvalue weighted by Gasteiger charge is 2.35. The first-order chi connectivity index (χ1) is 24.8. The predicted molar refractivity (Wildman–Crippen MR) is 218 cm³/mol. The highest BCUT2D eigenvalue weighted by Crippen LogP contribution is 2.50. The van der Waals surface area contributed by atoms with Crippen LogP contribution in [0.25, 0.3) is 23.3 Å². The first-order valence-corrected chi connectivity index (χ1v) is 17.8. The molecule has 1 aliphatic carbocycles. The Hall–Kier alpha value is -6.12. The lowest BCUT2D eigenvalue weighted by molar-refractivity contribution is 0.660. The van der Waals surface area contributed by atoms with E-state index in [0.717, 1.165) is 45.3 Å². The van der Waals surface area contributed by atoms with Gasteiger partial charge in [0.05, 0.1) is 0 Å². The average Bonchev–Trinajstić information content (AvgIpc) is 3.38. The molecule has 0 amide bonds. The molecule has 2 heteroatoms. The Balaban J connectivity index is 1.06. The quantitative estimate of drug-likeness (QED) is 0.150. The van der Waals surface area contributed by atoms with Gasteiger partial charge in [-0.05, 0) is 131 Å². The van der Waals surface area contributed by atoms with Crippen LogP contribution < -0.4 is 9.80 Å².